The highest BCUT2D eigenvalue weighted by Crippen LogP contribution is 2.30. The average molecular weight is 431 g/mol. The van der Waals surface area contributed by atoms with Gasteiger partial charge in [-0.3, -0.25) is 13.9 Å². The minimum absolute atomic E-state index is 0.0772. The molecule has 0 spiro atoms. The average Bonchev–Trinajstić information content (AvgIpc) is 2.61. The van der Waals surface area contributed by atoms with Gasteiger partial charge in [0.15, 0.2) is 0 Å². The van der Waals surface area contributed by atoms with Gasteiger partial charge in [-0.25, -0.2) is 8.42 Å². The van der Waals surface area contributed by atoms with E-state index in [1.807, 2.05) is 0 Å². The van der Waals surface area contributed by atoms with Gasteiger partial charge in [-0.05, 0) is 42.5 Å². The fourth-order valence-electron chi connectivity index (χ4n) is 2.18. The summed E-state index contributed by atoms with van der Waals surface area (Å²) in [7, 11) is -2.96. The molecule has 0 atom stereocenters. The van der Waals surface area contributed by atoms with Crippen LogP contribution in [0, 0.1) is 0 Å². The Morgan fingerprint density at radius 3 is 2.22 bits per heavy atom. The molecule has 2 rings (SSSR count). The van der Waals surface area contributed by atoms with E-state index in [-0.39, 0.29) is 26.5 Å². The Balaban J connectivity index is 2.47. The normalized spacial score (nSPS) is 11.0. The molecule has 0 bridgehead atoms. The van der Waals surface area contributed by atoms with E-state index < -0.39 is 22.5 Å². The minimum Gasteiger partial charge on any atom is -0.468 e. The predicted molar refractivity (Wildman–Crippen MR) is 104 cm³/mol. The first-order valence-electron chi connectivity index (χ1n) is 7.57. The van der Waals surface area contributed by atoms with Gasteiger partial charge in [0, 0.05) is 12.6 Å². The van der Waals surface area contributed by atoms with E-state index in [1.54, 1.807) is 0 Å². The molecule has 0 unspecified atom stereocenters. The Morgan fingerprint density at radius 2 is 1.70 bits per heavy atom. The second kappa shape index (κ2) is 8.60. The number of carbonyl (C=O) groups excluding carboxylic acids is 2. The van der Waals surface area contributed by atoms with Gasteiger partial charge in [-0.15, -0.1) is 0 Å². The van der Waals surface area contributed by atoms with Gasteiger partial charge in [0.1, 0.15) is 6.54 Å². The number of anilines is 2. The van der Waals surface area contributed by atoms with Crippen molar-refractivity contribution < 1.29 is 22.7 Å². The standard InChI is InChI=1S/C17H16Cl2N2O5S/c1-11(22)20-12-3-6-14(7-4-12)27(24,25)21(10-17(23)26-2)13-5-8-15(18)16(19)9-13/h3-9H,10H2,1-2H3,(H,20,22). The SMILES string of the molecule is COC(=O)CN(c1ccc(Cl)c(Cl)c1)S(=O)(=O)c1ccc(NC(C)=O)cc1. The van der Waals surface area contributed by atoms with Gasteiger partial charge in [-0.2, -0.15) is 0 Å². The van der Waals surface area contributed by atoms with Gasteiger partial charge in [0.05, 0.1) is 27.7 Å². The van der Waals surface area contributed by atoms with Crippen molar-refractivity contribution in [3.8, 4) is 0 Å². The van der Waals surface area contributed by atoms with E-state index in [4.69, 9.17) is 23.2 Å². The summed E-state index contributed by atoms with van der Waals surface area (Å²) in [5.74, 6) is -1.03. The van der Waals surface area contributed by atoms with Gasteiger partial charge < -0.3 is 10.1 Å². The zero-order chi connectivity index (χ0) is 20.2. The maximum Gasteiger partial charge on any atom is 0.326 e. The first-order valence-corrected chi connectivity index (χ1v) is 9.77. The fraction of sp³-hybridized carbons (Fsp3) is 0.176. The molecule has 2 aromatic carbocycles. The molecule has 1 amide bonds. The minimum atomic E-state index is -4.12. The fourth-order valence-corrected chi connectivity index (χ4v) is 3.87. The molecular weight excluding hydrogens is 415 g/mol. The van der Waals surface area contributed by atoms with Gasteiger partial charge >= 0.3 is 5.97 Å². The topological polar surface area (TPSA) is 92.8 Å². The molecule has 144 valence electrons. The summed E-state index contributed by atoms with van der Waals surface area (Å²) in [5.41, 5.74) is 0.594. The van der Waals surface area contributed by atoms with Crippen molar-refractivity contribution in [1.82, 2.24) is 0 Å². The van der Waals surface area contributed by atoms with Crippen molar-refractivity contribution in [1.29, 1.82) is 0 Å². The smallest absolute Gasteiger partial charge is 0.326 e. The van der Waals surface area contributed by atoms with Crippen molar-refractivity contribution in [3.05, 3.63) is 52.5 Å². The lowest BCUT2D eigenvalue weighted by molar-refractivity contribution is -0.138. The summed E-state index contributed by atoms with van der Waals surface area (Å²) in [6.45, 7) is 0.789. The van der Waals surface area contributed by atoms with E-state index in [0.29, 0.717) is 5.69 Å². The van der Waals surface area contributed by atoms with Crippen LogP contribution < -0.4 is 9.62 Å². The van der Waals surface area contributed by atoms with Crippen molar-refractivity contribution in [3.63, 3.8) is 0 Å². The Bertz CT molecular complexity index is 962. The number of carbonyl (C=O) groups is 2. The van der Waals surface area contributed by atoms with Gasteiger partial charge in [0.25, 0.3) is 10.0 Å². The Hall–Kier alpha value is -2.29. The molecule has 2 aromatic rings. The van der Waals surface area contributed by atoms with Gasteiger partial charge in [0.2, 0.25) is 5.91 Å². The number of hydrogen-bond acceptors (Lipinski definition) is 5. The van der Waals surface area contributed by atoms with Crippen LogP contribution in [-0.2, 0) is 24.3 Å². The van der Waals surface area contributed by atoms with Crippen LogP contribution in [0.4, 0.5) is 11.4 Å². The third kappa shape index (κ3) is 5.12. The maximum atomic E-state index is 13.1. The maximum absolute atomic E-state index is 13.1. The van der Waals surface area contributed by atoms with E-state index in [1.165, 1.54) is 49.4 Å². The Morgan fingerprint density at radius 1 is 1.07 bits per heavy atom. The van der Waals surface area contributed by atoms with E-state index >= 15 is 0 Å². The van der Waals surface area contributed by atoms with Crippen molar-refractivity contribution in [2.24, 2.45) is 0 Å². The first kappa shape index (κ1) is 21.0. The Kier molecular flexibility index (Phi) is 6.69. The summed E-state index contributed by atoms with van der Waals surface area (Å²) in [6, 6.07) is 9.74. The number of sulfonamides is 1. The van der Waals surface area contributed by atoms with Crippen LogP contribution in [-0.4, -0.2) is 33.9 Å². The quantitative estimate of drug-likeness (QED) is 0.709. The highest BCUT2D eigenvalue weighted by Gasteiger charge is 2.28. The van der Waals surface area contributed by atoms with Crippen LogP contribution in [0.3, 0.4) is 0 Å². The molecule has 0 saturated carbocycles. The molecule has 0 aromatic heterocycles. The molecule has 0 aliphatic carbocycles. The van der Waals surface area contributed by atoms with Gasteiger partial charge in [-0.1, -0.05) is 23.2 Å². The summed E-state index contributed by atoms with van der Waals surface area (Å²) < 4.78 is 31.6. The number of halogens is 2. The second-order valence-corrected chi connectivity index (χ2v) is 8.07. The molecule has 0 aliphatic heterocycles. The number of benzene rings is 2. The van der Waals surface area contributed by atoms with Crippen LogP contribution in [0.5, 0.6) is 0 Å². The number of amides is 1. The molecule has 0 saturated heterocycles. The molecular formula is C17H16Cl2N2O5S. The summed E-state index contributed by atoms with van der Waals surface area (Å²) in [4.78, 5) is 22.8. The third-order valence-electron chi connectivity index (χ3n) is 3.45. The number of methoxy groups -OCH3 is 1. The third-order valence-corrected chi connectivity index (χ3v) is 5.98. The zero-order valence-corrected chi connectivity index (χ0v) is 16.7. The number of nitrogens with zero attached hydrogens (tertiary/aromatic N) is 1. The molecule has 1 N–H and O–H groups in total. The lowest BCUT2D eigenvalue weighted by Gasteiger charge is -2.24. The summed E-state index contributed by atoms with van der Waals surface area (Å²) in [5, 5.41) is 2.93. The predicted octanol–water partition coefficient (Wildman–Crippen LogP) is 3.32. The van der Waals surface area contributed by atoms with E-state index in [0.717, 1.165) is 11.4 Å². The van der Waals surface area contributed by atoms with Crippen LogP contribution in [0.15, 0.2) is 47.4 Å². The molecule has 0 fully saturated rings. The van der Waals surface area contributed by atoms with E-state index in [9.17, 15) is 18.0 Å². The van der Waals surface area contributed by atoms with E-state index in [2.05, 4.69) is 10.1 Å². The largest absolute Gasteiger partial charge is 0.468 e. The second-order valence-electron chi connectivity index (χ2n) is 5.39. The monoisotopic (exact) mass is 430 g/mol. The molecule has 0 radical (unpaired) electrons. The molecule has 10 heteroatoms. The van der Waals surface area contributed by atoms with Crippen molar-refractivity contribution in [2.45, 2.75) is 11.8 Å². The Labute approximate surface area is 166 Å². The lowest BCUT2D eigenvalue weighted by atomic mass is 10.3. The number of esters is 1. The summed E-state index contributed by atoms with van der Waals surface area (Å²) in [6.07, 6.45) is 0. The number of hydrogen-bond donors (Lipinski definition) is 1. The molecule has 0 heterocycles. The zero-order valence-electron chi connectivity index (χ0n) is 14.4. The van der Waals surface area contributed by atoms with Crippen molar-refractivity contribution in [2.75, 3.05) is 23.3 Å². The molecule has 0 aliphatic rings. The molecule has 7 nitrogen and oxygen atoms in total. The highest BCUT2D eigenvalue weighted by atomic mass is 35.5. The molecule has 27 heavy (non-hydrogen) atoms. The highest BCUT2D eigenvalue weighted by molar-refractivity contribution is 7.92. The number of ether oxygens (including phenoxy) is 1. The number of rotatable bonds is 6. The number of nitrogens with one attached hydrogen (secondary N) is 1. The lowest BCUT2D eigenvalue weighted by Crippen LogP contribution is -2.36. The van der Waals surface area contributed by atoms with Crippen LogP contribution in [0.1, 0.15) is 6.92 Å². The van der Waals surface area contributed by atoms with Crippen LogP contribution in [0.2, 0.25) is 10.0 Å². The van der Waals surface area contributed by atoms with Crippen LogP contribution in [0.25, 0.3) is 0 Å². The van der Waals surface area contributed by atoms with Crippen molar-refractivity contribution >= 4 is 56.5 Å². The first-order chi connectivity index (χ1) is 12.6. The van der Waals surface area contributed by atoms with Crippen LogP contribution >= 0.6 is 23.2 Å². The summed E-state index contributed by atoms with van der Waals surface area (Å²) >= 11 is 11.9.